The summed E-state index contributed by atoms with van der Waals surface area (Å²) in [6.07, 6.45) is 4.74. The molecule has 26 heavy (non-hydrogen) atoms. The van der Waals surface area contributed by atoms with Crippen molar-refractivity contribution in [2.45, 2.75) is 64.2 Å². The van der Waals surface area contributed by atoms with Crippen molar-refractivity contribution in [1.29, 1.82) is 0 Å². The van der Waals surface area contributed by atoms with E-state index in [1.165, 1.54) is 12.8 Å². The second kappa shape index (κ2) is 7.27. The summed E-state index contributed by atoms with van der Waals surface area (Å²) in [7, 11) is 0. The Balaban J connectivity index is 1.50. The number of rotatable bonds is 5. The monoisotopic (exact) mass is 356 g/mol. The van der Waals surface area contributed by atoms with Gasteiger partial charge in [0.05, 0.1) is 11.0 Å². The normalized spacial score (nSPS) is 22.7. The van der Waals surface area contributed by atoms with Gasteiger partial charge in [-0.1, -0.05) is 19.1 Å². The molecule has 3 heterocycles. The number of aryl methyl sites for hydroxylation is 2. The first kappa shape index (κ1) is 17.3. The molecule has 2 aromatic rings. The Hall–Kier alpha value is -2.08. The molecule has 1 N–H and O–H groups in total. The smallest absolute Gasteiger partial charge is 0.329 e. The molecular weight excluding hydrogens is 328 g/mol. The van der Waals surface area contributed by atoms with Crippen molar-refractivity contribution in [1.82, 2.24) is 19.4 Å². The third-order valence-corrected chi connectivity index (χ3v) is 5.80. The topological polar surface area (TPSA) is 59.3 Å². The lowest BCUT2D eigenvalue weighted by Gasteiger charge is -2.24. The highest BCUT2D eigenvalue weighted by molar-refractivity contribution is 5.78. The number of amides is 1. The zero-order valence-corrected chi connectivity index (χ0v) is 15.5. The molecule has 2 aliphatic rings. The van der Waals surface area contributed by atoms with Crippen molar-refractivity contribution in [2.75, 3.05) is 13.1 Å². The number of aromatic nitrogens is 2. The van der Waals surface area contributed by atoms with Gasteiger partial charge in [0.2, 0.25) is 5.91 Å². The number of fused-ring (bicyclic) bond motifs is 3. The number of imidazole rings is 1. The summed E-state index contributed by atoms with van der Waals surface area (Å²) >= 11 is 0. The van der Waals surface area contributed by atoms with E-state index >= 15 is 0 Å². The highest BCUT2D eigenvalue weighted by atomic mass is 16.2. The van der Waals surface area contributed by atoms with E-state index in [0.717, 1.165) is 37.0 Å². The maximum atomic E-state index is 12.8. The van der Waals surface area contributed by atoms with Gasteiger partial charge in [-0.05, 0) is 37.8 Å². The first-order chi connectivity index (χ1) is 12.7. The van der Waals surface area contributed by atoms with Gasteiger partial charge in [-0.3, -0.25) is 13.9 Å². The first-order valence-electron chi connectivity index (χ1n) is 9.89. The summed E-state index contributed by atoms with van der Waals surface area (Å²) in [5, 5.41) is 3.61. The Morgan fingerprint density at radius 3 is 2.50 bits per heavy atom. The lowest BCUT2D eigenvalue weighted by molar-refractivity contribution is -0.131. The van der Waals surface area contributed by atoms with Crippen LogP contribution in [0.25, 0.3) is 11.0 Å². The third kappa shape index (κ3) is 3.18. The highest BCUT2D eigenvalue weighted by Crippen LogP contribution is 2.21. The van der Waals surface area contributed by atoms with Gasteiger partial charge in [0, 0.05) is 44.7 Å². The molecule has 0 saturated carbocycles. The summed E-state index contributed by atoms with van der Waals surface area (Å²) < 4.78 is 3.60. The fourth-order valence-corrected chi connectivity index (χ4v) is 4.46. The molecule has 4 rings (SSSR count). The number of hydrogen-bond donors (Lipinski definition) is 1. The number of nitrogens with zero attached hydrogens (tertiary/aromatic N) is 3. The SMILES string of the molecule is CCCn1c(=O)n(CCC(=O)N2CCC3CCC(C2)N3)c2ccccc21. The van der Waals surface area contributed by atoms with E-state index in [4.69, 9.17) is 0 Å². The molecule has 1 aromatic carbocycles. The highest BCUT2D eigenvalue weighted by Gasteiger charge is 2.31. The average Bonchev–Trinajstić information content (AvgIpc) is 3.11. The molecule has 6 heteroatoms. The van der Waals surface area contributed by atoms with Gasteiger partial charge in [0.25, 0.3) is 0 Å². The van der Waals surface area contributed by atoms with Crippen LogP contribution in [-0.2, 0) is 17.9 Å². The lowest BCUT2D eigenvalue weighted by Crippen LogP contribution is -2.39. The van der Waals surface area contributed by atoms with Crippen LogP contribution in [0.2, 0.25) is 0 Å². The zero-order valence-electron chi connectivity index (χ0n) is 15.5. The van der Waals surface area contributed by atoms with Crippen molar-refractivity contribution < 1.29 is 4.79 Å². The second-order valence-corrected chi connectivity index (χ2v) is 7.59. The van der Waals surface area contributed by atoms with E-state index in [1.54, 1.807) is 4.57 Å². The molecule has 2 saturated heterocycles. The molecule has 0 aliphatic carbocycles. The van der Waals surface area contributed by atoms with Gasteiger partial charge >= 0.3 is 5.69 Å². The molecule has 1 amide bonds. The van der Waals surface area contributed by atoms with Gasteiger partial charge in [-0.25, -0.2) is 4.79 Å². The van der Waals surface area contributed by atoms with Crippen LogP contribution >= 0.6 is 0 Å². The number of carbonyl (C=O) groups excluding carboxylic acids is 1. The Labute approximate surface area is 153 Å². The van der Waals surface area contributed by atoms with Crippen LogP contribution < -0.4 is 11.0 Å². The number of para-hydroxylation sites is 2. The molecule has 2 unspecified atom stereocenters. The van der Waals surface area contributed by atoms with Gasteiger partial charge in [0.15, 0.2) is 0 Å². The molecule has 2 aliphatic heterocycles. The van der Waals surface area contributed by atoms with E-state index < -0.39 is 0 Å². The van der Waals surface area contributed by atoms with Crippen molar-refractivity contribution in [3.63, 3.8) is 0 Å². The Bertz CT molecular complexity index is 853. The number of nitrogens with one attached hydrogen (secondary N) is 1. The van der Waals surface area contributed by atoms with Crippen LogP contribution in [0.4, 0.5) is 0 Å². The van der Waals surface area contributed by atoms with Crippen molar-refractivity contribution in [2.24, 2.45) is 0 Å². The quantitative estimate of drug-likeness (QED) is 0.891. The Kier molecular flexibility index (Phi) is 4.85. The van der Waals surface area contributed by atoms with Crippen LogP contribution in [0.1, 0.15) is 39.0 Å². The molecule has 2 fully saturated rings. The predicted molar refractivity (Wildman–Crippen MR) is 102 cm³/mol. The summed E-state index contributed by atoms with van der Waals surface area (Å²) in [6, 6.07) is 8.90. The maximum Gasteiger partial charge on any atom is 0.329 e. The van der Waals surface area contributed by atoms with Crippen LogP contribution in [0.3, 0.4) is 0 Å². The lowest BCUT2D eigenvalue weighted by atomic mass is 10.1. The van der Waals surface area contributed by atoms with Gasteiger partial charge in [0.1, 0.15) is 0 Å². The van der Waals surface area contributed by atoms with Crippen molar-refractivity contribution in [3.8, 4) is 0 Å². The van der Waals surface area contributed by atoms with E-state index in [1.807, 2.05) is 33.7 Å². The van der Waals surface area contributed by atoms with Crippen LogP contribution in [-0.4, -0.2) is 45.1 Å². The molecule has 2 atom stereocenters. The second-order valence-electron chi connectivity index (χ2n) is 7.59. The van der Waals surface area contributed by atoms with E-state index in [2.05, 4.69) is 12.2 Å². The minimum absolute atomic E-state index is 0.00237. The molecular formula is C20H28N4O2. The standard InChI is InChI=1S/C20H28N4O2/c1-2-11-23-17-5-3-4-6-18(17)24(20(23)26)13-10-19(25)22-12-9-15-7-8-16(14-22)21-15/h3-6,15-16,21H,2,7-14H2,1H3. The van der Waals surface area contributed by atoms with Crippen LogP contribution in [0, 0.1) is 0 Å². The fraction of sp³-hybridized carbons (Fsp3) is 0.600. The molecule has 0 radical (unpaired) electrons. The number of carbonyl (C=O) groups is 1. The summed E-state index contributed by atoms with van der Waals surface area (Å²) in [5.74, 6) is 0.165. The van der Waals surface area contributed by atoms with Crippen LogP contribution in [0.15, 0.2) is 29.1 Å². The van der Waals surface area contributed by atoms with E-state index in [0.29, 0.717) is 31.6 Å². The van der Waals surface area contributed by atoms with Gasteiger partial charge < -0.3 is 10.2 Å². The fourth-order valence-electron chi connectivity index (χ4n) is 4.46. The minimum Gasteiger partial charge on any atom is -0.341 e. The Morgan fingerprint density at radius 2 is 1.77 bits per heavy atom. The number of likely N-dealkylation sites (tertiary alicyclic amines) is 1. The van der Waals surface area contributed by atoms with Crippen molar-refractivity contribution >= 4 is 16.9 Å². The molecule has 2 bridgehead atoms. The molecule has 1 aromatic heterocycles. The summed E-state index contributed by atoms with van der Waals surface area (Å²) in [6.45, 7) is 4.87. The maximum absolute atomic E-state index is 12.8. The molecule has 140 valence electrons. The zero-order chi connectivity index (χ0) is 18.1. The first-order valence-corrected chi connectivity index (χ1v) is 9.89. The summed E-state index contributed by atoms with van der Waals surface area (Å²) in [5.41, 5.74) is 1.89. The number of hydrogen-bond acceptors (Lipinski definition) is 3. The average molecular weight is 356 g/mol. The van der Waals surface area contributed by atoms with Crippen molar-refractivity contribution in [3.05, 3.63) is 34.7 Å². The minimum atomic E-state index is -0.00237. The molecule has 6 nitrogen and oxygen atoms in total. The Morgan fingerprint density at radius 1 is 1.08 bits per heavy atom. The molecule has 0 spiro atoms. The van der Waals surface area contributed by atoms with Gasteiger partial charge in [-0.2, -0.15) is 0 Å². The third-order valence-electron chi connectivity index (χ3n) is 5.80. The number of benzene rings is 1. The largest absolute Gasteiger partial charge is 0.341 e. The van der Waals surface area contributed by atoms with E-state index in [9.17, 15) is 9.59 Å². The predicted octanol–water partition coefficient (Wildman–Crippen LogP) is 1.96. The van der Waals surface area contributed by atoms with Gasteiger partial charge in [-0.15, -0.1) is 0 Å². The van der Waals surface area contributed by atoms with Crippen LogP contribution in [0.5, 0.6) is 0 Å². The summed E-state index contributed by atoms with van der Waals surface area (Å²) in [4.78, 5) is 27.6. The van der Waals surface area contributed by atoms with E-state index in [-0.39, 0.29) is 11.6 Å².